The Bertz CT molecular complexity index is 900. The van der Waals surface area contributed by atoms with Crippen molar-refractivity contribution in [2.24, 2.45) is 0 Å². The van der Waals surface area contributed by atoms with Crippen LogP contribution in [0.25, 0.3) is 0 Å². The maximum atomic E-state index is 13.2. The van der Waals surface area contributed by atoms with Gasteiger partial charge in [0.05, 0.1) is 11.5 Å². The SMILES string of the molecule is Cc1ccc(C(=O)N(Cc2ccc(C(C)C)cc2)C2CCS(=O)(=O)C2)cc1. The molecule has 1 unspecified atom stereocenters. The molecule has 1 aliphatic heterocycles. The van der Waals surface area contributed by atoms with Gasteiger partial charge in [-0.1, -0.05) is 55.8 Å². The molecule has 0 bridgehead atoms. The Labute approximate surface area is 162 Å². The van der Waals surface area contributed by atoms with Crippen LogP contribution in [0.15, 0.2) is 48.5 Å². The Balaban J connectivity index is 1.87. The molecule has 144 valence electrons. The maximum Gasteiger partial charge on any atom is 0.254 e. The molecule has 1 aliphatic rings. The van der Waals surface area contributed by atoms with Gasteiger partial charge in [0.2, 0.25) is 0 Å². The number of nitrogens with zero attached hydrogens (tertiary/aromatic N) is 1. The molecule has 0 radical (unpaired) electrons. The zero-order chi connectivity index (χ0) is 19.6. The average molecular weight is 386 g/mol. The highest BCUT2D eigenvalue weighted by molar-refractivity contribution is 7.91. The number of sulfone groups is 1. The molecule has 1 amide bonds. The highest BCUT2D eigenvalue weighted by Gasteiger charge is 2.35. The number of amides is 1. The summed E-state index contributed by atoms with van der Waals surface area (Å²) in [6.45, 7) is 6.69. The fourth-order valence-corrected chi connectivity index (χ4v) is 5.19. The molecule has 1 heterocycles. The van der Waals surface area contributed by atoms with Gasteiger partial charge in [-0.2, -0.15) is 0 Å². The molecule has 0 aromatic heterocycles. The molecule has 2 aromatic carbocycles. The van der Waals surface area contributed by atoms with Crippen LogP contribution in [0.1, 0.15) is 53.2 Å². The molecule has 1 atom stereocenters. The Morgan fingerprint density at radius 2 is 1.70 bits per heavy atom. The van der Waals surface area contributed by atoms with Crippen molar-refractivity contribution in [3.8, 4) is 0 Å². The summed E-state index contributed by atoms with van der Waals surface area (Å²) in [5.74, 6) is 0.547. The molecule has 0 spiro atoms. The molecule has 1 fully saturated rings. The minimum absolute atomic E-state index is 0.0503. The van der Waals surface area contributed by atoms with E-state index in [1.54, 1.807) is 4.90 Å². The zero-order valence-electron chi connectivity index (χ0n) is 16.2. The largest absolute Gasteiger partial charge is 0.330 e. The van der Waals surface area contributed by atoms with Gasteiger partial charge in [0.1, 0.15) is 0 Å². The predicted octanol–water partition coefficient (Wildman–Crippen LogP) is 3.95. The van der Waals surface area contributed by atoms with Crippen molar-refractivity contribution in [2.45, 2.75) is 45.7 Å². The van der Waals surface area contributed by atoms with Crippen LogP contribution in [-0.2, 0) is 16.4 Å². The number of hydrogen-bond donors (Lipinski definition) is 0. The molecular weight excluding hydrogens is 358 g/mol. The lowest BCUT2D eigenvalue weighted by molar-refractivity contribution is 0.0681. The Kier molecular flexibility index (Phi) is 5.70. The van der Waals surface area contributed by atoms with Crippen molar-refractivity contribution in [1.82, 2.24) is 4.90 Å². The molecule has 2 aromatic rings. The number of rotatable bonds is 5. The first-order valence-corrected chi connectivity index (χ1v) is 11.2. The summed E-state index contributed by atoms with van der Waals surface area (Å²) in [7, 11) is -3.07. The van der Waals surface area contributed by atoms with Gasteiger partial charge in [0.25, 0.3) is 5.91 Å². The van der Waals surface area contributed by atoms with Gasteiger partial charge >= 0.3 is 0 Å². The first-order valence-electron chi connectivity index (χ1n) is 9.42. The highest BCUT2D eigenvalue weighted by atomic mass is 32.2. The number of aryl methyl sites for hydroxylation is 1. The quantitative estimate of drug-likeness (QED) is 0.783. The Hall–Kier alpha value is -2.14. The number of carbonyl (C=O) groups is 1. The van der Waals surface area contributed by atoms with Gasteiger partial charge in [-0.25, -0.2) is 8.42 Å². The normalized spacial score (nSPS) is 18.6. The Morgan fingerprint density at radius 3 is 2.22 bits per heavy atom. The lowest BCUT2D eigenvalue weighted by Gasteiger charge is -2.29. The third kappa shape index (κ3) is 4.78. The average Bonchev–Trinajstić information content (AvgIpc) is 2.99. The molecule has 0 saturated carbocycles. The topological polar surface area (TPSA) is 54.5 Å². The molecule has 5 heteroatoms. The van der Waals surface area contributed by atoms with Crippen LogP contribution in [0.4, 0.5) is 0 Å². The van der Waals surface area contributed by atoms with Crippen molar-refractivity contribution in [1.29, 1.82) is 0 Å². The fourth-order valence-electron chi connectivity index (χ4n) is 3.45. The minimum Gasteiger partial charge on any atom is -0.330 e. The van der Waals surface area contributed by atoms with Crippen LogP contribution in [0.2, 0.25) is 0 Å². The second-order valence-corrected chi connectivity index (χ2v) is 9.98. The summed E-state index contributed by atoms with van der Waals surface area (Å²) in [5.41, 5.74) is 3.96. The molecule has 1 saturated heterocycles. The standard InChI is InChI=1S/C22H27NO3S/c1-16(2)19-10-6-18(7-11-19)14-23(21-12-13-27(25,26)15-21)22(24)20-8-4-17(3)5-9-20/h4-11,16,21H,12-15H2,1-3H3. The first-order chi connectivity index (χ1) is 12.7. The molecule has 0 aliphatic carbocycles. The molecule has 4 nitrogen and oxygen atoms in total. The van der Waals surface area contributed by atoms with E-state index < -0.39 is 9.84 Å². The number of hydrogen-bond acceptors (Lipinski definition) is 3. The van der Waals surface area contributed by atoms with Crippen molar-refractivity contribution < 1.29 is 13.2 Å². The smallest absolute Gasteiger partial charge is 0.254 e. The van der Waals surface area contributed by atoms with E-state index in [4.69, 9.17) is 0 Å². The summed E-state index contributed by atoms with van der Waals surface area (Å²) in [6.07, 6.45) is 0.504. The van der Waals surface area contributed by atoms with Crippen LogP contribution in [0.5, 0.6) is 0 Å². The Morgan fingerprint density at radius 1 is 1.07 bits per heavy atom. The summed E-state index contributed by atoms with van der Waals surface area (Å²) >= 11 is 0. The summed E-state index contributed by atoms with van der Waals surface area (Å²) < 4.78 is 24.0. The lowest BCUT2D eigenvalue weighted by atomic mass is 10.0. The predicted molar refractivity (Wildman–Crippen MR) is 109 cm³/mol. The van der Waals surface area contributed by atoms with Gasteiger partial charge in [-0.05, 0) is 42.5 Å². The van der Waals surface area contributed by atoms with Crippen molar-refractivity contribution in [3.63, 3.8) is 0 Å². The minimum atomic E-state index is -3.07. The van der Waals surface area contributed by atoms with Crippen molar-refractivity contribution in [3.05, 3.63) is 70.8 Å². The molecule has 27 heavy (non-hydrogen) atoms. The van der Waals surface area contributed by atoms with Crippen molar-refractivity contribution >= 4 is 15.7 Å². The maximum absolute atomic E-state index is 13.2. The van der Waals surface area contributed by atoms with Gasteiger partial charge in [-0.15, -0.1) is 0 Å². The number of carbonyl (C=O) groups excluding carboxylic acids is 1. The zero-order valence-corrected chi connectivity index (χ0v) is 17.0. The van der Waals surface area contributed by atoms with E-state index in [1.165, 1.54) is 5.56 Å². The third-order valence-electron chi connectivity index (χ3n) is 5.21. The van der Waals surface area contributed by atoms with Gasteiger partial charge in [-0.3, -0.25) is 4.79 Å². The highest BCUT2D eigenvalue weighted by Crippen LogP contribution is 2.23. The summed E-state index contributed by atoms with van der Waals surface area (Å²) in [4.78, 5) is 14.9. The van der Waals surface area contributed by atoms with E-state index in [0.29, 0.717) is 24.4 Å². The second kappa shape index (κ2) is 7.85. The molecular formula is C22H27NO3S. The third-order valence-corrected chi connectivity index (χ3v) is 6.96. The van der Waals surface area contributed by atoms with Crippen LogP contribution >= 0.6 is 0 Å². The first kappa shape index (κ1) is 19.6. The monoisotopic (exact) mass is 385 g/mol. The summed E-state index contributed by atoms with van der Waals surface area (Å²) in [5, 5.41) is 0. The second-order valence-electron chi connectivity index (χ2n) is 7.75. The fraction of sp³-hybridized carbons (Fsp3) is 0.409. The van der Waals surface area contributed by atoms with Crippen LogP contribution in [-0.4, -0.2) is 36.8 Å². The van der Waals surface area contributed by atoms with Gasteiger partial charge in [0, 0.05) is 18.2 Å². The van der Waals surface area contributed by atoms with E-state index in [0.717, 1.165) is 11.1 Å². The van der Waals surface area contributed by atoms with E-state index in [2.05, 4.69) is 26.0 Å². The lowest BCUT2D eigenvalue weighted by Crippen LogP contribution is -2.40. The molecule has 3 rings (SSSR count). The van der Waals surface area contributed by atoms with E-state index in [-0.39, 0.29) is 23.5 Å². The molecule has 0 N–H and O–H groups in total. The van der Waals surface area contributed by atoms with Gasteiger partial charge in [0.15, 0.2) is 9.84 Å². The van der Waals surface area contributed by atoms with E-state index >= 15 is 0 Å². The van der Waals surface area contributed by atoms with E-state index in [9.17, 15) is 13.2 Å². The van der Waals surface area contributed by atoms with Crippen LogP contribution in [0.3, 0.4) is 0 Å². The van der Waals surface area contributed by atoms with E-state index in [1.807, 2.05) is 43.3 Å². The van der Waals surface area contributed by atoms with Crippen LogP contribution in [0, 0.1) is 6.92 Å². The van der Waals surface area contributed by atoms with Crippen LogP contribution < -0.4 is 0 Å². The van der Waals surface area contributed by atoms with Crippen molar-refractivity contribution in [2.75, 3.05) is 11.5 Å². The summed E-state index contributed by atoms with van der Waals surface area (Å²) in [6, 6.07) is 15.4. The van der Waals surface area contributed by atoms with Gasteiger partial charge < -0.3 is 4.90 Å². The number of benzene rings is 2.